The molecule has 0 bridgehead atoms. The zero-order chi connectivity index (χ0) is 16.2. The number of aromatic nitrogens is 2. The molecule has 0 saturated carbocycles. The fourth-order valence-corrected chi connectivity index (χ4v) is 4.25. The highest BCUT2D eigenvalue weighted by atomic mass is 15.2. The molecule has 3 rings (SSSR count). The van der Waals surface area contributed by atoms with Gasteiger partial charge in [0.15, 0.2) is 0 Å². The van der Waals surface area contributed by atoms with E-state index in [4.69, 9.17) is 10.7 Å². The van der Waals surface area contributed by atoms with Crippen molar-refractivity contribution in [1.82, 2.24) is 19.8 Å². The standard InChI is InChI=1S/C18H31N5/c1-3-22-9-5-7-14(22)11-17-16(19)13-20-18(21-17)12-15-8-6-10-23(15)4-2/h13-15H,3-12,19H2,1-2H3. The number of nitrogens with zero attached hydrogens (tertiary/aromatic N) is 4. The average Bonchev–Trinajstić information content (AvgIpc) is 3.19. The number of hydrogen-bond donors (Lipinski definition) is 1. The summed E-state index contributed by atoms with van der Waals surface area (Å²) in [5.74, 6) is 0.973. The van der Waals surface area contributed by atoms with Gasteiger partial charge in [-0.05, 0) is 51.9 Å². The van der Waals surface area contributed by atoms with E-state index in [1.807, 2.05) is 6.20 Å². The van der Waals surface area contributed by atoms with Crippen LogP contribution in [0.4, 0.5) is 5.69 Å². The van der Waals surface area contributed by atoms with Crippen LogP contribution in [0, 0.1) is 0 Å². The Morgan fingerprint density at radius 2 is 1.65 bits per heavy atom. The van der Waals surface area contributed by atoms with E-state index in [1.165, 1.54) is 38.8 Å². The van der Waals surface area contributed by atoms with Gasteiger partial charge in [0, 0.05) is 24.9 Å². The lowest BCUT2D eigenvalue weighted by molar-refractivity contribution is 0.260. The lowest BCUT2D eigenvalue weighted by atomic mass is 10.1. The van der Waals surface area contributed by atoms with Crippen LogP contribution >= 0.6 is 0 Å². The molecule has 2 atom stereocenters. The monoisotopic (exact) mass is 317 g/mol. The topological polar surface area (TPSA) is 58.3 Å². The quantitative estimate of drug-likeness (QED) is 0.871. The van der Waals surface area contributed by atoms with Gasteiger partial charge in [-0.3, -0.25) is 0 Å². The summed E-state index contributed by atoms with van der Waals surface area (Å²) in [5, 5.41) is 0. The van der Waals surface area contributed by atoms with Gasteiger partial charge in [0.25, 0.3) is 0 Å². The second kappa shape index (κ2) is 7.58. The van der Waals surface area contributed by atoms with E-state index in [1.54, 1.807) is 0 Å². The van der Waals surface area contributed by atoms with Gasteiger partial charge in [-0.25, -0.2) is 9.97 Å². The molecule has 0 aliphatic carbocycles. The molecule has 23 heavy (non-hydrogen) atoms. The van der Waals surface area contributed by atoms with E-state index >= 15 is 0 Å². The molecule has 0 amide bonds. The molecule has 2 unspecified atom stereocenters. The SMILES string of the molecule is CCN1CCCC1Cc1ncc(N)c(CC2CCCN2CC)n1. The van der Waals surface area contributed by atoms with Crippen LogP contribution in [0.25, 0.3) is 0 Å². The molecule has 5 nitrogen and oxygen atoms in total. The summed E-state index contributed by atoms with van der Waals surface area (Å²) in [5.41, 5.74) is 7.98. The van der Waals surface area contributed by atoms with Crippen molar-refractivity contribution < 1.29 is 0 Å². The van der Waals surface area contributed by atoms with Crippen molar-refractivity contribution in [1.29, 1.82) is 0 Å². The first-order chi connectivity index (χ1) is 11.2. The summed E-state index contributed by atoms with van der Waals surface area (Å²) in [6.45, 7) is 9.17. The highest BCUT2D eigenvalue weighted by Gasteiger charge is 2.26. The summed E-state index contributed by atoms with van der Waals surface area (Å²) in [6.07, 6.45) is 8.88. The largest absolute Gasteiger partial charge is 0.396 e. The first kappa shape index (κ1) is 16.7. The molecule has 0 spiro atoms. The van der Waals surface area contributed by atoms with E-state index in [0.717, 1.165) is 43.1 Å². The smallest absolute Gasteiger partial charge is 0.130 e. The molecule has 2 N–H and O–H groups in total. The lowest BCUT2D eigenvalue weighted by Gasteiger charge is -2.24. The van der Waals surface area contributed by atoms with Crippen LogP contribution in [0.3, 0.4) is 0 Å². The summed E-state index contributed by atoms with van der Waals surface area (Å²) in [7, 11) is 0. The van der Waals surface area contributed by atoms with Gasteiger partial charge in [-0.2, -0.15) is 0 Å². The van der Waals surface area contributed by atoms with Crippen LogP contribution < -0.4 is 5.73 Å². The molecular weight excluding hydrogens is 286 g/mol. The van der Waals surface area contributed by atoms with E-state index in [0.29, 0.717) is 12.1 Å². The van der Waals surface area contributed by atoms with Gasteiger partial charge in [0.2, 0.25) is 0 Å². The first-order valence-electron chi connectivity index (χ1n) is 9.29. The van der Waals surface area contributed by atoms with Crippen molar-refractivity contribution in [2.75, 3.05) is 31.9 Å². The second-order valence-electron chi connectivity index (χ2n) is 6.95. The Morgan fingerprint density at radius 1 is 1.04 bits per heavy atom. The van der Waals surface area contributed by atoms with Gasteiger partial charge in [-0.15, -0.1) is 0 Å². The van der Waals surface area contributed by atoms with E-state index in [2.05, 4.69) is 28.6 Å². The second-order valence-corrected chi connectivity index (χ2v) is 6.95. The van der Waals surface area contributed by atoms with Crippen LogP contribution in [-0.4, -0.2) is 58.0 Å². The summed E-state index contributed by atoms with van der Waals surface area (Å²) in [6, 6.07) is 1.21. The highest BCUT2D eigenvalue weighted by molar-refractivity contribution is 5.40. The van der Waals surface area contributed by atoms with E-state index < -0.39 is 0 Å². The van der Waals surface area contributed by atoms with E-state index in [-0.39, 0.29) is 0 Å². The third-order valence-corrected chi connectivity index (χ3v) is 5.61. The summed E-state index contributed by atoms with van der Waals surface area (Å²) < 4.78 is 0. The Kier molecular flexibility index (Phi) is 5.49. The Morgan fingerprint density at radius 3 is 2.26 bits per heavy atom. The number of likely N-dealkylation sites (tertiary alicyclic amines) is 2. The van der Waals surface area contributed by atoms with Crippen molar-refractivity contribution in [3.8, 4) is 0 Å². The molecule has 3 heterocycles. The number of rotatable bonds is 6. The molecule has 1 aromatic heterocycles. The molecule has 5 heteroatoms. The van der Waals surface area contributed by atoms with Gasteiger partial charge in [0.05, 0.1) is 17.6 Å². The summed E-state index contributed by atoms with van der Waals surface area (Å²) in [4.78, 5) is 14.5. The van der Waals surface area contributed by atoms with Gasteiger partial charge in [-0.1, -0.05) is 13.8 Å². The fraction of sp³-hybridized carbons (Fsp3) is 0.778. The predicted molar refractivity (Wildman–Crippen MR) is 94.4 cm³/mol. The Balaban J connectivity index is 1.69. The molecule has 2 aliphatic heterocycles. The van der Waals surface area contributed by atoms with Crippen LogP contribution in [0.5, 0.6) is 0 Å². The van der Waals surface area contributed by atoms with E-state index in [9.17, 15) is 0 Å². The number of likely N-dealkylation sites (N-methyl/N-ethyl adjacent to an activating group) is 2. The summed E-state index contributed by atoms with van der Waals surface area (Å²) >= 11 is 0. The normalized spacial score (nSPS) is 26.2. The third kappa shape index (κ3) is 3.83. The fourth-order valence-electron chi connectivity index (χ4n) is 4.25. The maximum atomic E-state index is 6.16. The number of nitrogen functional groups attached to an aromatic ring is 1. The molecule has 0 aromatic carbocycles. The molecule has 128 valence electrons. The van der Waals surface area contributed by atoms with Crippen molar-refractivity contribution >= 4 is 5.69 Å². The lowest BCUT2D eigenvalue weighted by Crippen LogP contribution is -2.32. The number of hydrogen-bond acceptors (Lipinski definition) is 5. The average molecular weight is 317 g/mol. The third-order valence-electron chi connectivity index (χ3n) is 5.61. The minimum atomic E-state index is 0.601. The predicted octanol–water partition coefficient (Wildman–Crippen LogP) is 2.11. The zero-order valence-electron chi connectivity index (χ0n) is 14.7. The zero-order valence-corrected chi connectivity index (χ0v) is 14.7. The molecule has 2 fully saturated rings. The minimum Gasteiger partial charge on any atom is -0.396 e. The van der Waals surface area contributed by atoms with Crippen molar-refractivity contribution in [2.24, 2.45) is 0 Å². The Labute approximate surface area is 140 Å². The Hall–Kier alpha value is -1.20. The minimum absolute atomic E-state index is 0.601. The van der Waals surface area contributed by atoms with Crippen LogP contribution in [0.1, 0.15) is 51.0 Å². The van der Waals surface area contributed by atoms with Gasteiger partial charge >= 0.3 is 0 Å². The van der Waals surface area contributed by atoms with Crippen molar-refractivity contribution in [3.05, 3.63) is 17.7 Å². The van der Waals surface area contributed by atoms with Crippen molar-refractivity contribution in [2.45, 2.75) is 64.5 Å². The molecular formula is C18H31N5. The molecule has 1 aromatic rings. The number of anilines is 1. The van der Waals surface area contributed by atoms with Crippen LogP contribution in [0.15, 0.2) is 6.20 Å². The van der Waals surface area contributed by atoms with Gasteiger partial charge in [0.1, 0.15) is 5.82 Å². The maximum absolute atomic E-state index is 6.16. The number of nitrogens with two attached hydrogens (primary N) is 1. The van der Waals surface area contributed by atoms with Crippen LogP contribution in [0.2, 0.25) is 0 Å². The highest BCUT2D eigenvalue weighted by Crippen LogP contribution is 2.23. The first-order valence-corrected chi connectivity index (χ1v) is 9.29. The molecule has 2 saturated heterocycles. The maximum Gasteiger partial charge on any atom is 0.130 e. The molecule has 0 radical (unpaired) electrons. The van der Waals surface area contributed by atoms with Gasteiger partial charge < -0.3 is 15.5 Å². The Bertz CT molecular complexity index is 518. The molecule has 2 aliphatic rings. The van der Waals surface area contributed by atoms with Crippen LogP contribution in [-0.2, 0) is 12.8 Å². The van der Waals surface area contributed by atoms with Crippen molar-refractivity contribution in [3.63, 3.8) is 0 Å².